The standard InChI is InChI=1S/C20H23N/c1-5-16(2)19(18-12-7-6-8-13-18)15-21(4)20-14-10-9-11-17(20)3/h5-15H,1-4H3/b16-5-,19-15+. The molecule has 0 radical (unpaired) electrons. The average molecular weight is 277 g/mol. The van der Waals surface area contributed by atoms with Crippen molar-refractivity contribution in [2.45, 2.75) is 20.8 Å². The van der Waals surface area contributed by atoms with Gasteiger partial charge in [0.05, 0.1) is 0 Å². The van der Waals surface area contributed by atoms with E-state index < -0.39 is 0 Å². The maximum atomic E-state index is 2.22. The van der Waals surface area contributed by atoms with Gasteiger partial charge in [-0.25, -0.2) is 0 Å². The lowest BCUT2D eigenvalue weighted by Gasteiger charge is -2.20. The molecule has 0 bridgehead atoms. The normalized spacial score (nSPS) is 12.4. The molecular weight excluding hydrogens is 254 g/mol. The van der Waals surface area contributed by atoms with Crippen LogP contribution in [0.5, 0.6) is 0 Å². The SMILES string of the molecule is C/C=C(C)\C(=C/N(C)c1ccccc1C)c1ccccc1. The van der Waals surface area contributed by atoms with Crippen LogP contribution in [-0.4, -0.2) is 7.05 Å². The molecule has 0 saturated heterocycles. The van der Waals surface area contributed by atoms with Crippen molar-refractivity contribution in [2.75, 3.05) is 11.9 Å². The Morgan fingerprint density at radius 2 is 1.57 bits per heavy atom. The van der Waals surface area contributed by atoms with Gasteiger partial charge in [0.2, 0.25) is 0 Å². The maximum Gasteiger partial charge on any atom is 0.0433 e. The summed E-state index contributed by atoms with van der Waals surface area (Å²) in [6.45, 7) is 6.38. The van der Waals surface area contributed by atoms with Gasteiger partial charge in [-0.3, -0.25) is 0 Å². The summed E-state index contributed by atoms with van der Waals surface area (Å²) in [7, 11) is 2.11. The molecule has 2 aromatic rings. The fraction of sp³-hybridized carbons (Fsp3) is 0.200. The Labute approximate surface area is 128 Å². The maximum absolute atomic E-state index is 2.22. The number of anilines is 1. The van der Waals surface area contributed by atoms with Gasteiger partial charge in [0.25, 0.3) is 0 Å². The molecule has 0 saturated carbocycles. The number of benzene rings is 2. The van der Waals surface area contributed by atoms with Gasteiger partial charge >= 0.3 is 0 Å². The van der Waals surface area contributed by atoms with Crippen LogP contribution in [0.15, 0.2) is 72.4 Å². The van der Waals surface area contributed by atoms with E-state index in [4.69, 9.17) is 0 Å². The minimum absolute atomic E-state index is 1.23. The van der Waals surface area contributed by atoms with Crippen LogP contribution in [0.3, 0.4) is 0 Å². The average Bonchev–Trinajstić information content (AvgIpc) is 2.53. The van der Waals surface area contributed by atoms with Gasteiger partial charge in [0.15, 0.2) is 0 Å². The van der Waals surface area contributed by atoms with Gasteiger partial charge in [0, 0.05) is 24.5 Å². The zero-order valence-corrected chi connectivity index (χ0v) is 13.3. The highest BCUT2D eigenvalue weighted by Gasteiger charge is 2.07. The number of hydrogen-bond donors (Lipinski definition) is 0. The third kappa shape index (κ3) is 3.63. The van der Waals surface area contributed by atoms with Crippen molar-refractivity contribution in [2.24, 2.45) is 0 Å². The van der Waals surface area contributed by atoms with Crippen LogP contribution in [0.2, 0.25) is 0 Å². The van der Waals surface area contributed by atoms with Gasteiger partial charge in [-0.05, 0) is 43.5 Å². The molecule has 108 valence electrons. The van der Waals surface area contributed by atoms with Gasteiger partial charge in [0.1, 0.15) is 0 Å². The predicted octanol–water partition coefficient (Wildman–Crippen LogP) is 5.44. The van der Waals surface area contributed by atoms with Crippen molar-refractivity contribution < 1.29 is 0 Å². The zero-order chi connectivity index (χ0) is 15.2. The fourth-order valence-corrected chi connectivity index (χ4v) is 2.40. The number of para-hydroxylation sites is 1. The van der Waals surface area contributed by atoms with Gasteiger partial charge in [-0.1, -0.05) is 54.6 Å². The first kappa shape index (κ1) is 15.1. The first-order valence-corrected chi connectivity index (χ1v) is 7.32. The van der Waals surface area contributed by atoms with E-state index in [1.165, 1.54) is 28.0 Å². The number of aryl methyl sites for hydroxylation is 1. The smallest absolute Gasteiger partial charge is 0.0433 e. The molecule has 0 amide bonds. The lowest BCUT2D eigenvalue weighted by Crippen LogP contribution is -2.11. The molecule has 0 spiro atoms. The summed E-state index contributed by atoms with van der Waals surface area (Å²) < 4.78 is 0. The summed E-state index contributed by atoms with van der Waals surface area (Å²) in [5, 5.41) is 0. The minimum Gasteiger partial charge on any atom is -0.350 e. The van der Waals surface area contributed by atoms with E-state index in [9.17, 15) is 0 Å². The Kier molecular flexibility index (Phi) is 4.99. The second-order valence-electron chi connectivity index (χ2n) is 5.28. The van der Waals surface area contributed by atoms with Crippen LogP contribution < -0.4 is 4.90 Å². The first-order chi connectivity index (χ1) is 10.1. The summed E-state index contributed by atoms with van der Waals surface area (Å²) >= 11 is 0. The number of allylic oxidation sites excluding steroid dienone is 3. The van der Waals surface area contributed by atoms with E-state index in [0.29, 0.717) is 0 Å². The predicted molar refractivity (Wildman–Crippen MR) is 93.4 cm³/mol. The summed E-state index contributed by atoms with van der Waals surface area (Å²) in [4.78, 5) is 2.20. The van der Waals surface area contributed by atoms with E-state index in [0.717, 1.165) is 0 Å². The molecule has 0 aliphatic rings. The Morgan fingerprint density at radius 1 is 0.952 bits per heavy atom. The third-order valence-electron chi connectivity index (χ3n) is 3.76. The molecule has 2 aromatic carbocycles. The molecule has 2 rings (SSSR count). The van der Waals surface area contributed by atoms with Gasteiger partial charge in [-0.2, -0.15) is 0 Å². The molecule has 0 fully saturated rings. The largest absolute Gasteiger partial charge is 0.350 e. The van der Waals surface area contributed by atoms with E-state index in [2.05, 4.69) is 99.6 Å². The van der Waals surface area contributed by atoms with Crippen molar-refractivity contribution in [1.82, 2.24) is 0 Å². The molecule has 0 aliphatic carbocycles. The van der Waals surface area contributed by atoms with E-state index in [1.54, 1.807) is 0 Å². The molecule has 0 N–H and O–H groups in total. The van der Waals surface area contributed by atoms with E-state index in [-0.39, 0.29) is 0 Å². The van der Waals surface area contributed by atoms with Crippen molar-refractivity contribution in [3.8, 4) is 0 Å². The molecule has 0 unspecified atom stereocenters. The molecular formula is C20H23N. The fourth-order valence-electron chi connectivity index (χ4n) is 2.40. The monoisotopic (exact) mass is 277 g/mol. The summed E-state index contributed by atoms with van der Waals surface area (Å²) in [5.74, 6) is 0. The van der Waals surface area contributed by atoms with Crippen LogP contribution in [0.25, 0.3) is 5.57 Å². The van der Waals surface area contributed by atoms with Crippen molar-refractivity contribution in [3.05, 3.63) is 83.6 Å². The first-order valence-electron chi connectivity index (χ1n) is 7.32. The molecule has 0 aliphatic heterocycles. The molecule has 21 heavy (non-hydrogen) atoms. The summed E-state index contributed by atoms with van der Waals surface area (Å²) in [6, 6.07) is 19.0. The zero-order valence-electron chi connectivity index (χ0n) is 13.3. The van der Waals surface area contributed by atoms with Crippen molar-refractivity contribution in [3.63, 3.8) is 0 Å². The van der Waals surface area contributed by atoms with E-state index in [1.807, 2.05) is 0 Å². The Balaban J connectivity index is 2.44. The van der Waals surface area contributed by atoms with Gasteiger partial charge in [-0.15, -0.1) is 0 Å². The number of hydrogen-bond acceptors (Lipinski definition) is 1. The highest BCUT2D eigenvalue weighted by molar-refractivity contribution is 5.80. The topological polar surface area (TPSA) is 3.24 Å². The van der Waals surface area contributed by atoms with Crippen LogP contribution in [0.4, 0.5) is 5.69 Å². The van der Waals surface area contributed by atoms with Crippen LogP contribution in [0, 0.1) is 6.92 Å². The number of nitrogens with zero attached hydrogens (tertiary/aromatic N) is 1. The Morgan fingerprint density at radius 3 is 2.19 bits per heavy atom. The van der Waals surface area contributed by atoms with Crippen molar-refractivity contribution >= 4 is 11.3 Å². The molecule has 1 nitrogen and oxygen atoms in total. The molecule has 0 aromatic heterocycles. The Bertz CT molecular complexity index is 651. The lowest BCUT2D eigenvalue weighted by molar-refractivity contribution is 1.18. The molecule has 0 atom stereocenters. The van der Waals surface area contributed by atoms with Crippen LogP contribution in [0.1, 0.15) is 25.0 Å². The minimum atomic E-state index is 1.23. The summed E-state index contributed by atoms with van der Waals surface area (Å²) in [6.07, 6.45) is 4.37. The Hall–Kier alpha value is -2.28. The van der Waals surface area contributed by atoms with Crippen LogP contribution in [-0.2, 0) is 0 Å². The number of rotatable bonds is 4. The summed E-state index contributed by atoms with van der Waals surface area (Å²) in [5.41, 5.74) is 6.29. The third-order valence-corrected chi connectivity index (χ3v) is 3.76. The van der Waals surface area contributed by atoms with Gasteiger partial charge < -0.3 is 4.90 Å². The second kappa shape index (κ2) is 6.94. The molecule has 1 heteroatoms. The van der Waals surface area contributed by atoms with E-state index >= 15 is 0 Å². The van der Waals surface area contributed by atoms with Crippen LogP contribution >= 0.6 is 0 Å². The highest BCUT2D eigenvalue weighted by Crippen LogP contribution is 2.26. The van der Waals surface area contributed by atoms with Crippen molar-refractivity contribution in [1.29, 1.82) is 0 Å². The quantitative estimate of drug-likeness (QED) is 0.673. The highest BCUT2D eigenvalue weighted by atomic mass is 15.1. The second-order valence-corrected chi connectivity index (χ2v) is 5.28. The molecule has 0 heterocycles. The lowest BCUT2D eigenvalue weighted by atomic mass is 9.99.